The van der Waals surface area contributed by atoms with Crippen LogP contribution < -0.4 is 0 Å². The fourth-order valence-electron chi connectivity index (χ4n) is 3.34. The zero-order valence-corrected chi connectivity index (χ0v) is 14.4. The molecule has 2 aliphatic heterocycles. The molecule has 0 aromatic heterocycles. The van der Waals surface area contributed by atoms with Gasteiger partial charge in [-0.15, -0.1) is 0 Å². The van der Waals surface area contributed by atoms with Crippen LogP contribution in [-0.2, 0) is 19.2 Å². The average Bonchev–Trinajstić information content (AvgIpc) is 3.04. The number of unbranched alkanes of at least 4 members (excludes halogenated alkanes) is 3. The van der Waals surface area contributed by atoms with Crippen molar-refractivity contribution in [2.75, 3.05) is 26.2 Å². The van der Waals surface area contributed by atoms with Crippen LogP contribution in [0.25, 0.3) is 0 Å². The number of carbonyl (C=O) groups excluding carboxylic acids is 4. The van der Waals surface area contributed by atoms with Gasteiger partial charge in [-0.25, -0.2) is 19.2 Å². The van der Waals surface area contributed by atoms with E-state index >= 15 is 0 Å². The lowest BCUT2D eigenvalue weighted by atomic mass is 10.1. The van der Waals surface area contributed by atoms with E-state index in [4.69, 9.17) is 10.5 Å². The van der Waals surface area contributed by atoms with Crippen LogP contribution in [0.2, 0.25) is 0 Å². The molecule has 2 aliphatic rings. The molecular formula is C18H20N4O4+2. The number of carbonyl (C=O) groups is 4. The maximum Gasteiger partial charge on any atom is 0.347 e. The number of imide groups is 2. The molecule has 0 aliphatic carbocycles. The summed E-state index contributed by atoms with van der Waals surface area (Å²) in [5.74, 6) is -1.47. The molecule has 26 heavy (non-hydrogen) atoms. The van der Waals surface area contributed by atoms with Gasteiger partial charge in [-0.2, -0.15) is 19.5 Å². The van der Waals surface area contributed by atoms with Gasteiger partial charge in [0.2, 0.25) is 0 Å². The fourth-order valence-corrected chi connectivity index (χ4v) is 3.34. The van der Waals surface area contributed by atoms with Crippen molar-refractivity contribution < 1.29 is 28.1 Å². The van der Waals surface area contributed by atoms with Gasteiger partial charge in [-0.05, 0) is 25.7 Å². The van der Waals surface area contributed by atoms with Crippen LogP contribution in [0.15, 0.2) is 24.3 Å². The number of quaternary nitrogens is 2. The average molecular weight is 356 g/mol. The summed E-state index contributed by atoms with van der Waals surface area (Å²) in [6, 6.07) is 3.81. The molecule has 0 aromatic carbocycles. The van der Waals surface area contributed by atoms with Gasteiger partial charge in [0.1, 0.15) is 12.1 Å². The van der Waals surface area contributed by atoms with Crippen LogP contribution in [0.5, 0.6) is 0 Å². The van der Waals surface area contributed by atoms with Crippen LogP contribution in [0.1, 0.15) is 25.7 Å². The summed E-state index contributed by atoms with van der Waals surface area (Å²) in [5, 5.41) is 17.8. The highest BCUT2D eigenvalue weighted by Crippen LogP contribution is 2.21. The molecule has 8 nitrogen and oxygen atoms in total. The highest BCUT2D eigenvalue weighted by atomic mass is 16.2. The van der Waals surface area contributed by atoms with Crippen molar-refractivity contribution in [1.29, 1.82) is 10.5 Å². The highest BCUT2D eigenvalue weighted by molar-refractivity contribution is 6.04. The second kappa shape index (κ2) is 7.96. The molecule has 134 valence electrons. The third kappa shape index (κ3) is 3.38. The number of amides is 4. The molecule has 0 radical (unpaired) electrons. The summed E-state index contributed by atoms with van der Waals surface area (Å²) in [4.78, 5) is 47.9. The van der Waals surface area contributed by atoms with Gasteiger partial charge in [0, 0.05) is 0 Å². The number of nitriles is 2. The summed E-state index contributed by atoms with van der Waals surface area (Å²) in [7, 11) is 0. The molecule has 2 rings (SSSR count). The van der Waals surface area contributed by atoms with Crippen LogP contribution in [-0.4, -0.2) is 58.8 Å². The maximum absolute atomic E-state index is 12.0. The van der Waals surface area contributed by atoms with Crippen LogP contribution >= 0.6 is 0 Å². The molecule has 0 spiro atoms. The number of nitrogens with zero attached hydrogens (tertiary/aromatic N) is 4. The Morgan fingerprint density at radius 2 is 0.923 bits per heavy atom. The Hall–Kier alpha value is -2.94. The van der Waals surface area contributed by atoms with E-state index in [9.17, 15) is 19.2 Å². The molecule has 0 unspecified atom stereocenters. The van der Waals surface area contributed by atoms with E-state index in [1.165, 1.54) is 24.3 Å². The van der Waals surface area contributed by atoms with Gasteiger partial charge >= 0.3 is 23.6 Å². The quantitative estimate of drug-likeness (QED) is 0.257. The van der Waals surface area contributed by atoms with Crippen molar-refractivity contribution in [3.8, 4) is 12.1 Å². The SMILES string of the molecule is N#CC[N+]1(CCCCCC[N+]2(CC#N)C(=O)C=CC2=O)C(=O)C=CC1=O. The van der Waals surface area contributed by atoms with Crippen LogP contribution in [0.4, 0.5) is 0 Å². The molecular weight excluding hydrogens is 336 g/mol. The minimum Gasteiger partial charge on any atom is -0.226 e. The number of hydrogen-bond donors (Lipinski definition) is 0. The maximum atomic E-state index is 12.0. The van der Waals surface area contributed by atoms with Crippen molar-refractivity contribution in [3.05, 3.63) is 24.3 Å². The Morgan fingerprint density at radius 1 is 0.615 bits per heavy atom. The smallest absolute Gasteiger partial charge is 0.226 e. The summed E-state index contributed by atoms with van der Waals surface area (Å²) < 4.78 is -0.961. The van der Waals surface area contributed by atoms with E-state index in [2.05, 4.69) is 0 Å². The predicted molar refractivity (Wildman–Crippen MR) is 88.0 cm³/mol. The minimum atomic E-state index is -0.480. The summed E-state index contributed by atoms with van der Waals surface area (Å²) >= 11 is 0. The van der Waals surface area contributed by atoms with Gasteiger partial charge in [0.15, 0.2) is 13.1 Å². The lowest BCUT2D eigenvalue weighted by Crippen LogP contribution is -2.54. The molecule has 0 atom stereocenters. The van der Waals surface area contributed by atoms with E-state index in [0.29, 0.717) is 25.7 Å². The third-order valence-corrected chi connectivity index (χ3v) is 4.94. The molecule has 0 saturated carbocycles. The number of hydrogen-bond acceptors (Lipinski definition) is 6. The van der Waals surface area contributed by atoms with Crippen molar-refractivity contribution >= 4 is 23.6 Å². The highest BCUT2D eigenvalue weighted by Gasteiger charge is 2.46. The molecule has 0 bridgehead atoms. The molecule has 8 heteroatoms. The van der Waals surface area contributed by atoms with Crippen molar-refractivity contribution in [2.45, 2.75) is 25.7 Å². The van der Waals surface area contributed by atoms with E-state index in [1.807, 2.05) is 12.1 Å². The molecule has 0 saturated heterocycles. The minimum absolute atomic E-state index is 0.179. The summed E-state index contributed by atoms with van der Waals surface area (Å²) in [5.41, 5.74) is 0. The lowest BCUT2D eigenvalue weighted by Gasteiger charge is -2.26. The first-order chi connectivity index (χ1) is 12.4. The Labute approximate surface area is 151 Å². The zero-order chi connectivity index (χ0) is 19.2. The molecule has 0 N–H and O–H groups in total. The van der Waals surface area contributed by atoms with E-state index in [-0.39, 0.29) is 49.8 Å². The summed E-state index contributed by atoms with van der Waals surface area (Å²) in [6.07, 6.45) is 7.38. The lowest BCUT2D eigenvalue weighted by molar-refractivity contribution is -0.765. The number of rotatable bonds is 9. The van der Waals surface area contributed by atoms with Crippen LogP contribution in [0.3, 0.4) is 0 Å². The molecule has 2 heterocycles. The van der Waals surface area contributed by atoms with Gasteiger partial charge in [-0.1, -0.05) is 0 Å². The third-order valence-electron chi connectivity index (χ3n) is 4.94. The first kappa shape index (κ1) is 19.4. The fraction of sp³-hybridized carbons (Fsp3) is 0.444. The van der Waals surface area contributed by atoms with Gasteiger partial charge < -0.3 is 0 Å². The second-order valence-corrected chi connectivity index (χ2v) is 6.45. The molecule has 4 amide bonds. The molecule has 0 fully saturated rings. The predicted octanol–water partition coefficient (Wildman–Crippen LogP) is 0.474. The normalized spacial score (nSPS) is 19.8. The summed E-state index contributed by atoms with van der Waals surface area (Å²) in [6.45, 7) is 0.161. The Bertz CT molecular complexity index is 680. The van der Waals surface area contributed by atoms with E-state index in [0.717, 1.165) is 0 Å². The van der Waals surface area contributed by atoms with E-state index < -0.39 is 8.97 Å². The van der Waals surface area contributed by atoms with Crippen LogP contribution in [0, 0.1) is 22.7 Å². The topological polar surface area (TPSA) is 116 Å². The standard InChI is InChI=1S/C18H20N4O4/c19-9-13-21(15(23)5-6-16(21)24)11-3-1-2-4-12-22(14-10-20)17(25)7-8-18(22)26/h5-8H,1-4,11-14H2/q+2. The van der Waals surface area contributed by atoms with Gasteiger partial charge in [0.05, 0.1) is 37.4 Å². The largest absolute Gasteiger partial charge is 0.347 e. The first-order valence-corrected chi connectivity index (χ1v) is 8.45. The Kier molecular flexibility index (Phi) is 5.93. The zero-order valence-electron chi connectivity index (χ0n) is 14.4. The van der Waals surface area contributed by atoms with Crippen molar-refractivity contribution in [2.24, 2.45) is 0 Å². The Balaban J connectivity index is 1.82. The van der Waals surface area contributed by atoms with Gasteiger partial charge in [0.25, 0.3) is 0 Å². The molecule has 0 aromatic rings. The van der Waals surface area contributed by atoms with Crippen molar-refractivity contribution in [3.63, 3.8) is 0 Å². The monoisotopic (exact) mass is 356 g/mol. The second-order valence-electron chi connectivity index (χ2n) is 6.45. The first-order valence-electron chi connectivity index (χ1n) is 8.45. The Morgan fingerprint density at radius 3 is 1.19 bits per heavy atom. The van der Waals surface area contributed by atoms with E-state index in [1.54, 1.807) is 0 Å². The van der Waals surface area contributed by atoms with Gasteiger partial charge in [-0.3, -0.25) is 0 Å². The van der Waals surface area contributed by atoms with Crippen molar-refractivity contribution in [1.82, 2.24) is 0 Å².